The van der Waals surface area contributed by atoms with Gasteiger partial charge in [-0.25, -0.2) is 17.8 Å². The second kappa shape index (κ2) is 12.7. The van der Waals surface area contributed by atoms with Crippen molar-refractivity contribution in [1.29, 1.82) is 0 Å². The Kier molecular flexibility index (Phi) is 9.52. The Hall–Kier alpha value is -2.96. The summed E-state index contributed by atoms with van der Waals surface area (Å²) in [5.74, 6) is -0.750. The fourth-order valence-electron chi connectivity index (χ4n) is 4.34. The number of nitrogens with one attached hydrogen (secondary N) is 2. The molecule has 1 aliphatic rings. The number of aryl methyl sites for hydroxylation is 1. The maximum absolute atomic E-state index is 13.1. The lowest BCUT2D eigenvalue weighted by Crippen LogP contribution is -2.48. The molecule has 0 saturated carbocycles. The predicted molar refractivity (Wildman–Crippen MR) is 161 cm³/mol. The van der Waals surface area contributed by atoms with Gasteiger partial charge in [-0.3, -0.25) is 14.4 Å². The van der Waals surface area contributed by atoms with Crippen LogP contribution in [0.25, 0.3) is 10.2 Å². The number of hydrogen-bond donors (Lipinski definition) is 2. The number of aromatic nitrogens is 1. The molecule has 1 fully saturated rings. The number of benzene rings is 3. The van der Waals surface area contributed by atoms with Crippen LogP contribution in [-0.4, -0.2) is 63.5 Å². The summed E-state index contributed by atoms with van der Waals surface area (Å²) >= 11 is 7.99. The lowest BCUT2D eigenvalue weighted by Gasteiger charge is -2.34. The molecule has 5 rings (SSSR count). The lowest BCUT2D eigenvalue weighted by atomic mass is 10.2. The van der Waals surface area contributed by atoms with E-state index in [9.17, 15) is 17.6 Å². The molecule has 40 heavy (non-hydrogen) atoms. The highest BCUT2D eigenvalue weighted by atomic mass is 35.5. The van der Waals surface area contributed by atoms with Gasteiger partial charge in [-0.1, -0.05) is 29.0 Å². The number of sulfonamides is 1. The molecule has 0 atom stereocenters. The smallest absolute Gasteiger partial charge is 0.261 e. The summed E-state index contributed by atoms with van der Waals surface area (Å²) in [6, 6.07) is 14.6. The number of carbonyl (C=O) groups excluding carboxylic acids is 1. The third-order valence-corrected chi connectivity index (χ3v) is 9.54. The van der Waals surface area contributed by atoms with Gasteiger partial charge >= 0.3 is 0 Å². The number of nitrogens with zero attached hydrogens (tertiary/aromatic N) is 3. The van der Waals surface area contributed by atoms with Crippen molar-refractivity contribution in [2.75, 3.05) is 48.9 Å². The number of piperazine rings is 1. The molecular formula is C27H28Cl2FN5O3S2. The van der Waals surface area contributed by atoms with Crippen LogP contribution in [0.4, 0.5) is 15.2 Å². The third kappa shape index (κ3) is 6.84. The maximum atomic E-state index is 13.1. The van der Waals surface area contributed by atoms with E-state index in [2.05, 4.69) is 19.8 Å². The SMILES string of the molecule is Cc1ccc(Cl)c2sc(N3CCN(CCNC(=O)c4ccc(NS(=O)(=O)c5ccc(F)cc5)cc4)CC3)nc12.Cl. The quantitative estimate of drug-likeness (QED) is 0.281. The van der Waals surface area contributed by atoms with Crippen LogP contribution >= 0.6 is 35.3 Å². The Bertz CT molecular complexity index is 1550. The fourth-order valence-corrected chi connectivity index (χ4v) is 6.76. The third-order valence-electron chi connectivity index (χ3n) is 6.57. The highest BCUT2D eigenvalue weighted by Crippen LogP contribution is 2.35. The molecule has 212 valence electrons. The van der Waals surface area contributed by atoms with Gasteiger partial charge in [0.2, 0.25) is 0 Å². The standard InChI is InChI=1S/C27H27ClFN5O3S2.ClH/c1-18-2-11-23(28)25-24(18)31-27(38-25)34-16-14-33(15-17-34)13-12-30-26(35)19-3-7-21(8-4-19)32-39(36,37)22-9-5-20(29)6-10-22;/h2-11,32H,12-17H2,1H3,(H,30,35);1H. The molecule has 1 aromatic heterocycles. The van der Waals surface area contributed by atoms with Gasteiger partial charge < -0.3 is 10.2 Å². The monoisotopic (exact) mass is 623 g/mol. The zero-order valence-electron chi connectivity index (χ0n) is 21.6. The molecule has 2 N–H and O–H groups in total. The number of anilines is 2. The highest BCUT2D eigenvalue weighted by molar-refractivity contribution is 7.92. The molecule has 2 heterocycles. The van der Waals surface area contributed by atoms with Crippen LogP contribution in [0.15, 0.2) is 65.6 Å². The summed E-state index contributed by atoms with van der Waals surface area (Å²) in [4.78, 5) is 21.9. The van der Waals surface area contributed by atoms with E-state index < -0.39 is 15.8 Å². The second-order valence-corrected chi connectivity index (χ2v) is 12.3. The van der Waals surface area contributed by atoms with Crippen LogP contribution in [0.5, 0.6) is 0 Å². The van der Waals surface area contributed by atoms with Crippen LogP contribution in [0.2, 0.25) is 5.02 Å². The number of rotatable bonds is 8. The van der Waals surface area contributed by atoms with Crippen molar-refractivity contribution in [3.8, 4) is 0 Å². The molecule has 1 saturated heterocycles. The predicted octanol–water partition coefficient (Wildman–Crippen LogP) is 5.17. The summed E-state index contributed by atoms with van der Waals surface area (Å²) in [7, 11) is -3.86. The molecule has 1 aliphatic heterocycles. The molecule has 1 amide bonds. The van der Waals surface area contributed by atoms with Crippen molar-refractivity contribution in [2.24, 2.45) is 0 Å². The van der Waals surface area contributed by atoms with Crippen molar-refractivity contribution >= 4 is 72.3 Å². The number of hydrogen-bond acceptors (Lipinski definition) is 7. The Morgan fingerprint density at radius 3 is 2.35 bits per heavy atom. The van der Waals surface area contributed by atoms with E-state index in [1.54, 1.807) is 23.5 Å². The summed E-state index contributed by atoms with van der Waals surface area (Å²) in [6.45, 7) is 6.68. The van der Waals surface area contributed by atoms with E-state index in [0.29, 0.717) is 17.8 Å². The summed E-state index contributed by atoms with van der Waals surface area (Å²) in [6.07, 6.45) is 0. The Morgan fingerprint density at radius 2 is 1.70 bits per heavy atom. The van der Waals surface area contributed by atoms with Gasteiger partial charge in [0.05, 0.1) is 20.1 Å². The zero-order valence-corrected chi connectivity index (χ0v) is 24.8. The number of carbonyl (C=O) groups is 1. The highest BCUT2D eigenvalue weighted by Gasteiger charge is 2.21. The van der Waals surface area contributed by atoms with E-state index in [-0.39, 0.29) is 23.2 Å². The fraction of sp³-hybridized carbons (Fsp3) is 0.259. The van der Waals surface area contributed by atoms with Crippen LogP contribution in [-0.2, 0) is 10.0 Å². The van der Waals surface area contributed by atoms with Gasteiger partial charge in [-0.05, 0) is 67.1 Å². The number of thiazole rings is 1. The normalized spacial score (nSPS) is 14.1. The molecule has 0 unspecified atom stereocenters. The first-order valence-electron chi connectivity index (χ1n) is 12.4. The molecule has 13 heteroatoms. The van der Waals surface area contributed by atoms with Crippen molar-refractivity contribution in [1.82, 2.24) is 15.2 Å². The van der Waals surface area contributed by atoms with Crippen LogP contribution in [0.3, 0.4) is 0 Å². The lowest BCUT2D eigenvalue weighted by molar-refractivity contribution is 0.0948. The zero-order chi connectivity index (χ0) is 27.6. The molecule has 0 spiro atoms. The molecule has 4 aromatic rings. The first-order chi connectivity index (χ1) is 18.7. The van der Waals surface area contributed by atoms with Crippen molar-refractivity contribution in [2.45, 2.75) is 11.8 Å². The van der Waals surface area contributed by atoms with Gasteiger partial charge in [0.15, 0.2) is 5.13 Å². The Labute approximate surface area is 247 Å². The van der Waals surface area contributed by atoms with Gasteiger partial charge in [0.1, 0.15) is 5.82 Å². The van der Waals surface area contributed by atoms with Gasteiger partial charge in [0.25, 0.3) is 15.9 Å². The first kappa shape index (κ1) is 30.0. The topological polar surface area (TPSA) is 94.6 Å². The molecule has 0 bridgehead atoms. The second-order valence-electron chi connectivity index (χ2n) is 9.26. The minimum Gasteiger partial charge on any atom is -0.351 e. The van der Waals surface area contributed by atoms with Gasteiger partial charge in [0, 0.05) is 50.5 Å². The minimum atomic E-state index is -3.86. The van der Waals surface area contributed by atoms with Crippen molar-refractivity contribution in [3.05, 3.63) is 82.6 Å². The van der Waals surface area contributed by atoms with E-state index in [1.165, 1.54) is 24.3 Å². The Morgan fingerprint density at radius 1 is 1.02 bits per heavy atom. The van der Waals surface area contributed by atoms with Crippen molar-refractivity contribution in [3.63, 3.8) is 0 Å². The molecule has 0 radical (unpaired) electrons. The molecule has 3 aromatic carbocycles. The van der Waals surface area contributed by atoms with Gasteiger partial charge in [-0.2, -0.15) is 0 Å². The molecule has 8 nitrogen and oxygen atoms in total. The molecule has 0 aliphatic carbocycles. The summed E-state index contributed by atoms with van der Waals surface area (Å²) < 4.78 is 41.5. The van der Waals surface area contributed by atoms with Crippen LogP contribution in [0, 0.1) is 12.7 Å². The maximum Gasteiger partial charge on any atom is 0.261 e. The number of amides is 1. The van der Waals surface area contributed by atoms with E-state index in [0.717, 1.165) is 70.8 Å². The summed E-state index contributed by atoms with van der Waals surface area (Å²) in [5, 5.41) is 4.64. The van der Waals surface area contributed by atoms with E-state index in [1.807, 2.05) is 19.1 Å². The average molecular weight is 625 g/mol. The molecular weight excluding hydrogens is 596 g/mol. The Balaban J connectivity index is 0.00000370. The largest absolute Gasteiger partial charge is 0.351 e. The average Bonchev–Trinajstić information content (AvgIpc) is 3.39. The van der Waals surface area contributed by atoms with E-state index in [4.69, 9.17) is 16.6 Å². The summed E-state index contributed by atoms with van der Waals surface area (Å²) in [5.41, 5.74) is 2.81. The first-order valence-corrected chi connectivity index (χ1v) is 15.1. The number of halogens is 3. The number of fused-ring (bicyclic) bond motifs is 1. The van der Waals surface area contributed by atoms with Crippen molar-refractivity contribution < 1.29 is 17.6 Å². The van der Waals surface area contributed by atoms with Gasteiger partial charge in [-0.15, -0.1) is 12.4 Å². The van der Waals surface area contributed by atoms with E-state index >= 15 is 0 Å². The minimum absolute atomic E-state index is 0. The van der Waals surface area contributed by atoms with Crippen LogP contribution < -0.4 is 14.9 Å². The van der Waals surface area contributed by atoms with Crippen LogP contribution in [0.1, 0.15) is 15.9 Å².